The zero-order chi connectivity index (χ0) is 14.8. The van der Waals surface area contributed by atoms with Crippen LogP contribution < -0.4 is 10.6 Å². The summed E-state index contributed by atoms with van der Waals surface area (Å²) in [4.78, 5) is 26.6. The first-order valence-electron chi connectivity index (χ1n) is 7.29. The number of carbonyl (C=O) groups excluding carboxylic acids is 2. The molecule has 2 fully saturated rings. The van der Waals surface area contributed by atoms with Gasteiger partial charge in [-0.05, 0) is 25.9 Å². The maximum atomic E-state index is 12.4. The van der Waals surface area contributed by atoms with E-state index in [4.69, 9.17) is 0 Å². The van der Waals surface area contributed by atoms with Crippen LogP contribution in [-0.4, -0.2) is 53.5 Å². The van der Waals surface area contributed by atoms with Crippen LogP contribution in [0.25, 0.3) is 0 Å². The summed E-state index contributed by atoms with van der Waals surface area (Å²) in [5, 5.41) is 6.40. The molecule has 2 saturated heterocycles. The third-order valence-corrected chi connectivity index (χ3v) is 4.79. The first-order chi connectivity index (χ1) is 9.39. The van der Waals surface area contributed by atoms with Crippen molar-refractivity contribution in [3.63, 3.8) is 0 Å². The van der Waals surface area contributed by atoms with Gasteiger partial charge in [0, 0.05) is 17.2 Å². The second-order valence-electron chi connectivity index (χ2n) is 6.57. The van der Waals surface area contributed by atoms with Gasteiger partial charge in [-0.3, -0.25) is 9.59 Å². The minimum Gasteiger partial charge on any atom is -0.351 e. The average molecular weight is 299 g/mol. The summed E-state index contributed by atoms with van der Waals surface area (Å²) in [5.41, 5.74) is -0.432. The summed E-state index contributed by atoms with van der Waals surface area (Å²) in [6, 6.07) is -0.0532. The number of carbonyl (C=O) groups is 2. The van der Waals surface area contributed by atoms with E-state index < -0.39 is 5.41 Å². The largest absolute Gasteiger partial charge is 0.351 e. The van der Waals surface area contributed by atoms with Crippen molar-refractivity contribution < 1.29 is 9.59 Å². The van der Waals surface area contributed by atoms with Gasteiger partial charge in [0.15, 0.2) is 0 Å². The summed E-state index contributed by atoms with van der Waals surface area (Å²) in [6.07, 6.45) is 1.94. The second-order valence-corrected chi connectivity index (χ2v) is 7.57. The normalized spacial score (nSPS) is 24.8. The first-order valence-corrected chi connectivity index (χ1v) is 8.45. The maximum absolute atomic E-state index is 12.4. The molecule has 20 heavy (non-hydrogen) atoms. The van der Waals surface area contributed by atoms with Crippen molar-refractivity contribution in [2.24, 2.45) is 5.41 Å². The van der Waals surface area contributed by atoms with Gasteiger partial charge in [-0.25, -0.2) is 0 Å². The highest BCUT2D eigenvalue weighted by Gasteiger charge is 2.39. The molecule has 5 nitrogen and oxygen atoms in total. The molecule has 0 aromatic heterocycles. The topological polar surface area (TPSA) is 61.4 Å². The molecular formula is C14H25N3O2S. The van der Waals surface area contributed by atoms with Crippen molar-refractivity contribution in [3.8, 4) is 0 Å². The molecule has 1 atom stereocenters. The van der Waals surface area contributed by atoms with Crippen molar-refractivity contribution in [2.75, 3.05) is 24.7 Å². The molecule has 2 rings (SSSR count). The van der Waals surface area contributed by atoms with Gasteiger partial charge in [0.05, 0.1) is 5.88 Å². The van der Waals surface area contributed by atoms with E-state index in [-0.39, 0.29) is 23.9 Å². The minimum atomic E-state index is -0.432. The number of nitrogens with one attached hydrogen (secondary N) is 2. The summed E-state index contributed by atoms with van der Waals surface area (Å²) in [7, 11) is 0. The fourth-order valence-corrected chi connectivity index (χ4v) is 3.71. The van der Waals surface area contributed by atoms with Gasteiger partial charge in [0.1, 0.15) is 6.04 Å². The molecule has 2 heterocycles. The van der Waals surface area contributed by atoms with Gasteiger partial charge < -0.3 is 15.5 Å². The molecular weight excluding hydrogens is 274 g/mol. The molecule has 0 aliphatic carbocycles. The Balaban J connectivity index is 1.95. The van der Waals surface area contributed by atoms with Crippen molar-refractivity contribution in [1.82, 2.24) is 15.5 Å². The van der Waals surface area contributed by atoms with Crippen LogP contribution in [-0.2, 0) is 9.59 Å². The Hall–Kier alpha value is -0.750. The lowest BCUT2D eigenvalue weighted by Crippen LogP contribution is -2.53. The van der Waals surface area contributed by atoms with Crippen LogP contribution in [0.15, 0.2) is 0 Å². The molecule has 0 bridgehead atoms. The zero-order valence-corrected chi connectivity index (χ0v) is 13.4. The highest BCUT2D eigenvalue weighted by molar-refractivity contribution is 7.99. The quantitative estimate of drug-likeness (QED) is 0.792. The number of amides is 2. The van der Waals surface area contributed by atoms with Crippen molar-refractivity contribution in [3.05, 3.63) is 0 Å². The van der Waals surface area contributed by atoms with Crippen molar-refractivity contribution in [1.29, 1.82) is 0 Å². The molecule has 2 N–H and O–H groups in total. The predicted molar refractivity (Wildman–Crippen MR) is 81.4 cm³/mol. The SMILES string of the molecule is CC(C)(C)C(=O)N1CSCC1C(=O)NC1CCNCC1. The number of hydrogen-bond acceptors (Lipinski definition) is 4. The minimum absolute atomic E-state index is 0.0134. The zero-order valence-electron chi connectivity index (χ0n) is 12.6. The number of nitrogens with zero attached hydrogens (tertiary/aromatic N) is 1. The molecule has 1 unspecified atom stereocenters. The fourth-order valence-electron chi connectivity index (χ4n) is 2.55. The van der Waals surface area contributed by atoms with Gasteiger partial charge >= 0.3 is 0 Å². The van der Waals surface area contributed by atoms with Crippen LogP contribution in [0.1, 0.15) is 33.6 Å². The Morgan fingerprint density at radius 2 is 1.90 bits per heavy atom. The second kappa shape index (κ2) is 6.35. The van der Waals surface area contributed by atoms with Crippen LogP contribution in [0.4, 0.5) is 0 Å². The Bertz CT molecular complexity index is 375. The van der Waals surface area contributed by atoms with Gasteiger partial charge in [0.25, 0.3) is 0 Å². The smallest absolute Gasteiger partial charge is 0.243 e. The third-order valence-electron chi connectivity index (χ3n) is 3.77. The molecule has 0 aromatic carbocycles. The highest BCUT2D eigenvalue weighted by atomic mass is 32.2. The third kappa shape index (κ3) is 3.67. The van der Waals surface area contributed by atoms with Crippen LogP contribution >= 0.6 is 11.8 Å². The number of thioether (sulfide) groups is 1. The summed E-state index contributed by atoms with van der Waals surface area (Å²) < 4.78 is 0. The standard InChI is InChI=1S/C14H25N3O2S/c1-14(2,3)13(19)17-9-20-8-11(17)12(18)16-10-4-6-15-7-5-10/h10-11,15H,4-9H2,1-3H3,(H,16,18). The lowest BCUT2D eigenvalue weighted by Gasteiger charge is -2.31. The van der Waals surface area contributed by atoms with Gasteiger partial charge in [-0.15, -0.1) is 11.8 Å². The van der Waals surface area contributed by atoms with Gasteiger partial charge in [0.2, 0.25) is 11.8 Å². The van der Waals surface area contributed by atoms with E-state index >= 15 is 0 Å². The molecule has 2 aliphatic rings. The fraction of sp³-hybridized carbons (Fsp3) is 0.857. The van der Waals surface area contributed by atoms with E-state index in [0.717, 1.165) is 25.9 Å². The Labute approximate surface area is 125 Å². The lowest BCUT2D eigenvalue weighted by atomic mass is 9.94. The number of rotatable bonds is 2. The Morgan fingerprint density at radius 1 is 1.25 bits per heavy atom. The maximum Gasteiger partial charge on any atom is 0.243 e. The van der Waals surface area contributed by atoms with Crippen LogP contribution in [0.5, 0.6) is 0 Å². The monoisotopic (exact) mass is 299 g/mol. The predicted octanol–water partition coefficient (Wildman–Crippen LogP) is 0.802. The first kappa shape index (κ1) is 15.6. The molecule has 0 aromatic rings. The van der Waals surface area contributed by atoms with E-state index in [0.29, 0.717) is 11.6 Å². The Kier molecular flexibility index (Phi) is 4.96. The van der Waals surface area contributed by atoms with E-state index in [1.807, 2.05) is 20.8 Å². The molecule has 2 aliphatic heterocycles. The molecule has 2 amide bonds. The van der Waals surface area contributed by atoms with Crippen molar-refractivity contribution >= 4 is 23.6 Å². The van der Waals surface area contributed by atoms with Gasteiger partial charge in [-0.1, -0.05) is 20.8 Å². The molecule has 0 radical (unpaired) electrons. The number of piperidine rings is 1. The number of hydrogen-bond donors (Lipinski definition) is 2. The highest BCUT2D eigenvalue weighted by Crippen LogP contribution is 2.27. The molecule has 114 valence electrons. The summed E-state index contributed by atoms with van der Waals surface area (Å²) in [5.74, 6) is 1.41. The summed E-state index contributed by atoms with van der Waals surface area (Å²) >= 11 is 1.66. The van der Waals surface area contributed by atoms with Gasteiger partial charge in [-0.2, -0.15) is 0 Å². The van der Waals surface area contributed by atoms with E-state index in [1.54, 1.807) is 16.7 Å². The lowest BCUT2D eigenvalue weighted by molar-refractivity contribution is -0.144. The Morgan fingerprint density at radius 3 is 2.50 bits per heavy atom. The van der Waals surface area contributed by atoms with Crippen LogP contribution in [0.3, 0.4) is 0 Å². The van der Waals surface area contributed by atoms with E-state index in [9.17, 15) is 9.59 Å². The van der Waals surface area contributed by atoms with E-state index in [1.165, 1.54) is 0 Å². The van der Waals surface area contributed by atoms with Crippen molar-refractivity contribution in [2.45, 2.75) is 45.7 Å². The summed E-state index contributed by atoms with van der Waals surface area (Å²) in [6.45, 7) is 7.62. The molecule has 0 saturated carbocycles. The molecule has 0 spiro atoms. The van der Waals surface area contributed by atoms with Crippen LogP contribution in [0.2, 0.25) is 0 Å². The van der Waals surface area contributed by atoms with E-state index in [2.05, 4.69) is 10.6 Å². The average Bonchev–Trinajstić information content (AvgIpc) is 2.87. The molecule has 6 heteroatoms. The van der Waals surface area contributed by atoms with Crippen LogP contribution in [0, 0.1) is 5.41 Å².